The van der Waals surface area contributed by atoms with Crippen molar-refractivity contribution in [3.05, 3.63) is 84.0 Å². The third-order valence-corrected chi connectivity index (χ3v) is 5.31. The minimum Gasteiger partial charge on any atom is -0.463 e. The van der Waals surface area contributed by atoms with Gasteiger partial charge < -0.3 is 9.73 Å². The van der Waals surface area contributed by atoms with E-state index in [-0.39, 0.29) is 34.7 Å². The van der Waals surface area contributed by atoms with Gasteiger partial charge in [0.25, 0.3) is 6.43 Å². The molecule has 0 unspecified atom stereocenters. The number of carbonyl (C=O) groups is 1. The number of rotatable bonds is 7. The van der Waals surface area contributed by atoms with Crippen LogP contribution in [-0.4, -0.2) is 30.5 Å². The van der Waals surface area contributed by atoms with E-state index in [1.165, 1.54) is 17.0 Å². The van der Waals surface area contributed by atoms with Gasteiger partial charge in [-0.1, -0.05) is 30.3 Å². The van der Waals surface area contributed by atoms with Gasteiger partial charge in [0.05, 0.1) is 35.8 Å². The van der Waals surface area contributed by atoms with E-state index in [1.807, 2.05) is 30.3 Å². The monoisotopic (exact) mass is 462 g/mol. The Kier molecular flexibility index (Phi) is 5.62. The Labute approximate surface area is 192 Å². The molecule has 5 aromatic rings. The molecule has 0 bridgehead atoms. The Hall–Kier alpha value is -4.34. The van der Waals surface area contributed by atoms with Gasteiger partial charge in [-0.05, 0) is 30.7 Å². The summed E-state index contributed by atoms with van der Waals surface area (Å²) in [5, 5.41) is 11.6. The second-order valence-electron chi connectivity index (χ2n) is 7.78. The second kappa shape index (κ2) is 8.89. The molecule has 0 atom stereocenters. The minimum atomic E-state index is -2.74. The summed E-state index contributed by atoms with van der Waals surface area (Å²) < 4.78 is 36.0. The van der Waals surface area contributed by atoms with Crippen molar-refractivity contribution < 1.29 is 18.0 Å². The van der Waals surface area contributed by atoms with Gasteiger partial charge in [0.2, 0.25) is 5.91 Å². The molecule has 4 heterocycles. The van der Waals surface area contributed by atoms with Crippen LogP contribution in [0, 0.1) is 6.92 Å². The Bertz CT molecular complexity index is 1440. The summed E-state index contributed by atoms with van der Waals surface area (Å²) in [6.07, 6.45) is 1.98. The van der Waals surface area contributed by atoms with Crippen molar-refractivity contribution in [2.24, 2.45) is 0 Å². The molecule has 1 N–H and O–H groups in total. The van der Waals surface area contributed by atoms with E-state index in [4.69, 9.17) is 4.42 Å². The van der Waals surface area contributed by atoms with Gasteiger partial charge in [-0.15, -0.1) is 0 Å². The molecule has 0 radical (unpaired) electrons. The van der Waals surface area contributed by atoms with E-state index in [9.17, 15) is 13.6 Å². The first kappa shape index (κ1) is 21.5. The number of nitrogens with zero attached hydrogens (tertiary/aromatic N) is 5. The van der Waals surface area contributed by atoms with Crippen LogP contribution in [0.25, 0.3) is 22.5 Å². The molecule has 0 aliphatic rings. The van der Waals surface area contributed by atoms with E-state index in [0.29, 0.717) is 23.7 Å². The number of aryl methyl sites for hydroxylation is 1. The number of alkyl halides is 2. The molecule has 8 nitrogen and oxygen atoms in total. The number of anilines is 1. The lowest BCUT2D eigenvalue weighted by atomic mass is 10.1. The fourth-order valence-electron chi connectivity index (χ4n) is 3.84. The lowest BCUT2D eigenvalue weighted by Gasteiger charge is -2.07. The minimum absolute atomic E-state index is 0.191. The van der Waals surface area contributed by atoms with Gasteiger partial charge in [0.15, 0.2) is 11.4 Å². The number of halogens is 2. The van der Waals surface area contributed by atoms with Crippen LogP contribution in [0.5, 0.6) is 0 Å². The molecule has 0 spiro atoms. The summed E-state index contributed by atoms with van der Waals surface area (Å²) in [6, 6.07) is 14.4. The van der Waals surface area contributed by atoms with E-state index in [0.717, 1.165) is 5.56 Å². The van der Waals surface area contributed by atoms with Gasteiger partial charge in [-0.3, -0.25) is 9.48 Å². The molecule has 5 rings (SSSR count). The molecule has 10 heteroatoms. The third kappa shape index (κ3) is 4.29. The number of nitrogens with one attached hydrogen (secondary N) is 1. The molecule has 1 amide bonds. The quantitative estimate of drug-likeness (QED) is 0.374. The van der Waals surface area contributed by atoms with Gasteiger partial charge in [0, 0.05) is 11.8 Å². The number of hydrogen-bond acceptors (Lipinski definition) is 5. The molecule has 34 heavy (non-hydrogen) atoms. The highest BCUT2D eigenvalue weighted by Gasteiger charge is 2.22. The van der Waals surface area contributed by atoms with Crippen molar-refractivity contribution in [3.8, 4) is 11.5 Å². The van der Waals surface area contributed by atoms with Crippen LogP contribution in [0.3, 0.4) is 0 Å². The number of fused-ring (bicyclic) bond motifs is 1. The summed E-state index contributed by atoms with van der Waals surface area (Å²) in [4.78, 5) is 17.2. The average Bonchev–Trinajstić information content (AvgIpc) is 3.56. The van der Waals surface area contributed by atoms with Gasteiger partial charge in [-0.2, -0.15) is 10.2 Å². The van der Waals surface area contributed by atoms with Gasteiger partial charge >= 0.3 is 0 Å². The van der Waals surface area contributed by atoms with Crippen molar-refractivity contribution >= 4 is 22.6 Å². The lowest BCUT2D eigenvalue weighted by molar-refractivity contribution is -0.116. The van der Waals surface area contributed by atoms with Crippen molar-refractivity contribution in [2.75, 3.05) is 5.32 Å². The van der Waals surface area contributed by atoms with Crippen molar-refractivity contribution in [3.63, 3.8) is 0 Å². The standard InChI is InChI=1S/C24H20F2N6O2/c1-15-22-18(23(25)26)10-19(20-8-5-9-34-20)29-24(22)32(30-15)14-21(33)28-17-11-27-31(13-17)12-16-6-3-2-4-7-16/h2-11,13,23H,12,14H2,1H3,(H,28,33). The zero-order valence-electron chi connectivity index (χ0n) is 18.2. The molecule has 0 saturated carbocycles. The van der Waals surface area contributed by atoms with Crippen LogP contribution in [0.2, 0.25) is 0 Å². The Morgan fingerprint density at radius 3 is 2.74 bits per heavy atom. The number of furan rings is 1. The summed E-state index contributed by atoms with van der Waals surface area (Å²) in [5.41, 5.74) is 2.20. The van der Waals surface area contributed by atoms with Crippen molar-refractivity contribution in [1.82, 2.24) is 24.5 Å². The Morgan fingerprint density at radius 2 is 2.00 bits per heavy atom. The maximum absolute atomic E-state index is 13.8. The van der Waals surface area contributed by atoms with Crippen LogP contribution >= 0.6 is 0 Å². The molecule has 4 aromatic heterocycles. The van der Waals surface area contributed by atoms with Gasteiger partial charge in [0.1, 0.15) is 12.2 Å². The SMILES string of the molecule is Cc1nn(CC(=O)Nc2cnn(Cc3ccccc3)c2)c2nc(-c3ccco3)cc(C(F)F)c12. The van der Waals surface area contributed by atoms with E-state index in [1.54, 1.807) is 36.1 Å². The largest absolute Gasteiger partial charge is 0.463 e. The predicted molar refractivity (Wildman–Crippen MR) is 121 cm³/mol. The van der Waals surface area contributed by atoms with Crippen LogP contribution in [0.15, 0.2) is 71.6 Å². The topological polar surface area (TPSA) is 90.8 Å². The van der Waals surface area contributed by atoms with Crippen molar-refractivity contribution in [2.45, 2.75) is 26.4 Å². The summed E-state index contributed by atoms with van der Waals surface area (Å²) in [5.74, 6) is -0.0306. The molecule has 0 aliphatic heterocycles. The maximum Gasteiger partial charge on any atom is 0.264 e. The lowest BCUT2D eigenvalue weighted by Crippen LogP contribution is -2.19. The van der Waals surface area contributed by atoms with E-state index in [2.05, 4.69) is 20.5 Å². The fourth-order valence-corrected chi connectivity index (χ4v) is 3.84. The molecular weight excluding hydrogens is 442 g/mol. The molecule has 172 valence electrons. The van der Waals surface area contributed by atoms with Crippen LogP contribution in [0.1, 0.15) is 23.2 Å². The van der Waals surface area contributed by atoms with E-state index < -0.39 is 6.43 Å². The molecule has 1 aromatic carbocycles. The normalized spacial score (nSPS) is 11.4. The summed E-state index contributed by atoms with van der Waals surface area (Å²) in [7, 11) is 0. The molecule has 0 fully saturated rings. The number of amides is 1. The predicted octanol–water partition coefficient (Wildman–Crippen LogP) is 4.82. The summed E-state index contributed by atoms with van der Waals surface area (Å²) >= 11 is 0. The van der Waals surface area contributed by atoms with Crippen LogP contribution in [0.4, 0.5) is 14.5 Å². The first-order valence-electron chi connectivity index (χ1n) is 10.5. The number of carbonyl (C=O) groups excluding carboxylic acids is 1. The maximum atomic E-state index is 13.8. The highest BCUT2D eigenvalue weighted by Crippen LogP contribution is 2.33. The highest BCUT2D eigenvalue weighted by atomic mass is 19.3. The zero-order chi connectivity index (χ0) is 23.7. The summed E-state index contributed by atoms with van der Waals surface area (Å²) in [6.45, 7) is 1.98. The molecule has 0 saturated heterocycles. The zero-order valence-corrected chi connectivity index (χ0v) is 18.2. The average molecular weight is 462 g/mol. The fraction of sp³-hybridized carbons (Fsp3) is 0.167. The number of hydrogen-bond donors (Lipinski definition) is 1. The number of aromatic nitrogens is 5. The van der Waals surface area contributed by atoms with Crippen LogP contribution in [-0.2, 0) is 17.9 Å². The second-order valence-corrected chi connectivity index (χ2v) is 7.78. The smallest absolute Gasteiger partial charge is 0.264 e. The Morgan fingerprint density at radius 1 is 1.18 bits per heavy atom. The first-order valence-corrected chi connectivity index (χ1v) is 10.5. The number of pyridine rings is 1. The highest BCUT2D eigenvalue weighted by molar-refractivity contribution is 5.92. The first-order chi connectivity index (χ1) is 16.5. The van der Waals surface area contributed by atoms with Crippen molar-refractivity contribution in [1.29, 1.82) is 0 Å². The third-order valence-electron chi connectivity index (χ3n) is 5.31. The number of benzene rings is 1. The van der Waals surface area contributed by atoms with E-state index >= 15 is 0 Å². The van der Waals surface area contributed by atoms with Gasteiger partial charge in [-0.25, -0.2) is 18.4 Å². The molecule has 0 aliphatic carbocycles. The van der Waals surface area contributed by atoms with Crippen LogP contribution < -0.4 is 5.32 Å². The Balaban J connectivity index is 1.39. The molecular formula is C24H20F2N6O2.